The molecule has 136 valence electrons. The van der Waals surface area contributed by atoms with Crippen molar-refractivity contribution in [3.8, 4) is 0 Å². The van der Waals surface area contributed by atoms with E-state index in [-0.39, 0.29) is 0 Å². The van der Waals surface area contributed by atoms with Gasteiger partial charge in [0.05, 0.1) is 24.6 Å². The van der Waals surface area contributed by atoms with Gasteiger partial charge in [-0.15, -0.1) is 0 Å². The molecule has 0 aromatic heterocycles. The van der Waals surface area contributed by atoms with Crippen molar-refractivity contribution in [3.05, 3.63) is 0 Å². The summed E-state index contributed by atoms with van der Waals surface area (Å²) in [5.74, 6) is 0. The van der Waals surface area contributed by atoms with Crippen molar-refractivity contribution in [2.45, 2.75) is 60.6 Å². The van der Waals surface area contributed by atoms with E-state index >= 15 is 0 Å². The lowest BCUT2D eigenvalue weighted by atomic mass is 9.98. The molecule has 0 amide bonds. The van der Waals surface area contributed by atoms with Crippen LogP contribution in [0.15, 0.2) is 0 Å². The number of aliphatic hydroxyl groups excluding tert-OH is 7. The van der Waals surface area contributed by atoms with Crippen LogP contribution in [0.3, 0.4) is 0 Å². The van der Waals surface area contributed by atoms with Crippen molar-refractivity contribution in [1.29, 1.82) is 0 Å². The second-order valence-electron chi connectivity index (χ2n) is 5.53. The van der Waals surface area contributed by atoms with Crippen LogP contribution in [0.2, 0.25) is 0 Å². The van der Waals surface area contributed by atoms with E-state index in [1.807, 2.05) is 0 Å². The minimum atomic E-state index is -1.70. The molecule has 2 heterocycles. The number of ether oxygens (including phenoxy) is 3. The van der Waals surface area contributed by atoms with Gasteiger partial charge >= 0.3 is 0 Å². The molecule has 0 aliphatic carbocycles. The van der Waals surface area contributed by atoms with Gasteiger partial charge in [-0.1, -0.05) is 0 Å². The first-order chi connectivity index (χ1) is 10.8. The van der Waals surface area contributed by atoms with Gasteiger partial charge < -0.3 is 50.0 Å². The monoisotopic (exact) mass is 358 g/mol. The largest absolute Gasteiger partial charge is 0.394 e. The standard InChI is InChI=1S/C12H22O10S/c13-1-3-5(15)10(23)8(18)12(21-3)22-9-4(2-14)20-11(19)7(17)6(9)16/h3-19,23H,1-2H2/t3-,4-,5-,6-,7-,8-,9-,10+,11-,12-/m1/s1. The van der Waals surface area contributed by atoms with E-state index in [0.717, 1.165) is 0 Å². The molecule has 2 aliphatic heterocycles. The molecule has 0 spiro atoms. The summed E-state index contributed by atoms with van der Waals surface area (Å²) in [6.45, 7) is -1.19. The van der Waals surface area contributed by atoms with E-state index in [2.05, 4.69) is 12.6 Å². The summed E-state index contributed by atoms with van der Waals surface area (Å²) in [5.41, 5.74) is 0. The number of thiol groups is 1. The normalized spacial score (nSPS) is 51.7. The maximum Gasteiger partial charge on any atom is 0.185 e. The van der Waals surface area contributed by atoms with Gasteiger partial charge in [0.1, 0.15) is 36.6 Å². The highest BCUT2D eigenvalue weighted by Crippen LogP contribution is 2.30. The molecule has 2 aliphatic rings. The van der Waals surface area contributed by atoms with Crippen LogP contribution in [0.25, 0.3) is 0 Å². The molecule has 2 rings (SSSR count). The Morgan fingerprint density at radius 1 is 0.783 bits per heavy atom. The summed E-state index contributed by atoms with van der Waals surface area (Å²) in [5, 5.41) is 66.3. The van der Waals surface area contributed by atoms with E-state index < -0.39 is 73.8 Å². The molecule has 10 atom stereocenters. The SMILES string of the molecule is OC[C@H]1O[C@H](O[C@H]2[C@H](O)[C@@H](O)[C@H](O)O[C@@H]2CO)[C@H](O)[C@@H](S)[C@@H]1O. The lowest BCUT2D eigenvalue weighted by molar-refractivity contribution is -0.342. The second-order valence-corrected chi connectivity index (χ2v) is 6.12. The zero-order valence-electron chi connectivity index (χ0n) is 12.0. The molecular formula is C12H22O10S. The van der Waals surface area contributed by atoms with Crippen LogP contribution in [-0.2, 0) is 14.2 Å². The Balaban J connectivity index is 2.11. The van der Waals surface area contributed by atoms with E-state index in [1.54, 1.807) is 0 Å². The molecular weight excluding hydrogens is 336 g/mol. The highest BCUT2D eigenvalue weighted by Gasteiger charge is 2.49. The smallest absolute Gasteiger partial charge is 0.185 e. The van der Waals surface area contributed by atoms with Crippen molar-refractivity contribution in [2.24, 2.45) is 0 Å². The van der Waals surface area contributed by atoms with E-state index in [4.69, 9.17) is 14.2 Å². The minimum absolute atomic E-state index is 0.556. The average molecular weight is 358 g/mol. The molecule has 7 N–H and O–H groups in total. The molecule has 0 saturated carbocycles. The number of aliphatic hydroxyl groups is 7. The van der Waals surface area contributed by atoms with Gasteiger partial charge in [-0.2, -0.15) is 12.6 Å². The number of rotatable bonds is 4. The fraction of sp³-hybridized carbons (Fsp3) is 1.00. The third-order valence-corrected chi connectivity index (χ3v) is 4.59. The van der Waals surface area contributed by atoms with E-state index in [0.29, 0.717) is 0 Å². The summed E-state index contributed by atoms with van der Waals surface area (Å²) in [6, 6.07) is 0. The fourth-order valence-electron chi connectivity index (χ4n) is 2.57. The first-order valence-electron chi connectivity index (χ1n) is 7.08. The second kappa shape index (κ2) is 7.89. The minimum Gasteiger partial charge on any atom is -0.394 e. The zero-order valence-corrected chi connectivity index (χ0v) is 12.9. The van der Waals surface area contributed by atoms with Crippen LogP contribution >= 0.6 is 12.6 Å². The van der Waals surface area contributed by atoms with E-state index in [9.17, 15) is 35.7 Å². The molecule has 2 saturated heterocycles. The van der Waals surface area contributed by atoms with Crippen LogP contribution in [0, 0.1) is 0 Å². The lowest BCUT2D eigenvalue weighted by Gasteiger charge is -2.45. The Morgan fingerprint density at radius 2 is 1.39 bits per heavy atom. The highest BCUT2D eigenvalue weighted by molar-refractivity contribution is 7.81. The first-order valence-corrected chi connectivity index (χ1v) is 7.60. The Morgan fingerprint density at radius 3 is 1.96 bits per heavy atom. The van der Waals surface area contributed by atoms with Crippen molar-refractivity contribution in [2.75, 3.05) is 13.2 Å². The lowest BCUT2D eigenvalue weighted by Crippen LogP contribution is -2.63. The zero-order chi connectivity index (χ0) is 17.3. The maximum absolute atomic E-state index is 10.1. The summed E-state index contributed by atoms with van der Waals surface area (Å²) in [6.07, 6.45) is -12.7. The fourth-order valence-corrected chi connectivity index (χ4v) is 2.90. The summed E-state index contributed by atoms with van der Waals surface area (Å²) in [4.78, 5) is 0. The molecule has 11 heteroatoms. The van der Waals surface area contributed by atoms with Gasteiger partial charge in [-0.05, 0) is 0 Å². The maximum atomic E-state index is 10.1. The van der Waals surface area contributed by atoms with Crippen LogP contribution in [0.5, 0.6) is 0 Å². The Hall–Kier alpha value is -0.0500. The average Bonchev–Trinajstić information content (AvgIpc) is 2.55. The molecule has 0 bridgehead atoms. The Kier molecular flexibility index (Phi) is 6.61. The van der Waals surface area contributed by atoms with Crippen LogP contribution in [0.4, 0.5) is 0 Å². The van der Waals surface area contributed by atoms with Crippen LogP contribution in [-0.4, -0.2) is 110 Å². The van der Waals surface area contributed by atoms with Gasteiger partial charge in [0.15, 0.2) is 12.6 Å². The van der Waals surface area contributed by atoms with Crippen LogP contribution < -0.4 is 0 Å². The predicted molar refractivity (Wildman–Crippen MR) is 75.4 cm³/mol. The van der Waals surface area contributed by atoms with Gasteiger partial charge in [-0.3, -0.25) is 0 Å². The van der Waals surface area contributed by atoms with Crippen molar-refractivity contribution in [3.63, 3.8) is 0 Å². The van der Waals surface area contributed by atoms with E-state index in [1.165, 1.54) is 0 Å². The van der Waals surface area contributed by atoms with Crippen molar-refractivity contribution in [1.82, 2.24) is 0 Å². The Bertz CT molecular complexity index is 383. The topological polar surface area (TPSA) is 169 Å². The molecule has 23 heavy (non-hydrogen) atoms. The highest BCUT2D eigenvalue weighted by atomic mass is 32.1. The van der Waals surface area contributed by atoms with Gasteiger partial charge in [0.2, 0.25) is 0 Å². The van der Waals surface area contributed by atoms with Gasteiger partial charge in [-0.25, -0.2) is 0 Å². The molecule has 0 aromatic carbocycles. The quantitative estimate of drug-likeness (QED) is 0.229. The number of hydrogen-bond acceptors (Lipinski definition) is 11. The van der Waals surface area contributed by atoms with Crippen LogP contribution in [0.1, 0.15) is 0 Å². The third kappa shape index (κ3) is 3.80. The molecule has 0 unspecified atom stereocenters. The molecule has 2 fully saturated rings. The summed E-state index contributed by atoms with van der Waals surface area (Å²) < 4.78 is 15.5. The summed E-state index contributed by atoms with van der Waals surface area (Å²) >= 11 is 4.04. The van der Waals surface area contributed by atoms with Crippen molar-refractivity contribution < 1.29 is 50.0 Å². The van der Waals surface area contributed by atoms with Crippen molar-refractivity contribution >= 4 is 12.6 Å². The predicted octanol–water partition coefficient (Wildman–Crippen LogP) is -4.46. The molecule has 0 aromatic rings. The summed E-state index contributed by atoms with van der Waals surface area (Å²) in [7, 11) is 0. The van der Waals surface area contributed by atoms with Gasteiger partial charge in [0, 0.05) is 0 Å². The van der Waals surface area contributed by atoms with Gasteiger partial charge in [0.25, 0.3) is 0 Å². The Labute approximate surface area is 137 Å². The number of hydrogen-bond donors (Lipinski definition) is 8. The molecule has 10 nitrogen and oxygen atoms in total. The third-order valence-electron chi connectivity index (χ3n) is 3.98. The molecule has 0 radical (unpaired) electrons. The first kappa shape index (κ1) is 19.3.